The molecule has 0 spiro atoms. The van der Waals surface area contributed by atoms with Crippen molar-refractivity contribution >= 4 is 23.9 Å². The molecule has 0 aliphatic heterocycles. The van der Waals surface area contributed by atoms with Crippen LogP contribution in [0.3, 0.4) is 0 Å². The van der Waals surface area contributed by atoms with E-state index in [0.29, 0.717) is 0 Å². The Morgan fingerprint density at radius 1 is 0.458 bits per heavy atom. The maximum Gasteiger partial charge on any atom is 2.00 e. The number of carboxylic acid groups (broad SMARTS) is 4. The topological polar surface area (TPSA) is 186 Å². The van der Waals surface area contributed by atoms with Crippen LogP contribution in [-0.2, 0) is 53.3 Å². The number of rotatable bonds is 4. The van der Waals surface area contributed by atoms with Crippen molar-refractivity contribution in [3.8, 4) is 0 Å². The Morgan fingerprint density at radius 3 is 0.688 bits per heavy atom. The summed E-state index contributed by atoms with van der Waals surface area (Å²) in [4.78, 5) is 47.6. The second kappa shape index (κ2) is 29.2. The molecule has 2 radical (unpaired) electrons. The first-order valence-corrected chi connectivity index (χ1v) is 15.0. The van der Waals surface area contributed by atoms with Gasteiger partial charge in [0.05, 0.1) is 0 Å². The van der Waals surface area contributed by atoms with E-state index in [2.05, 4.69) is 9.97 Å². The van der Waals surface area contributed by atoms with E-state index >= 15 is 0 Å². The third kappa shape index (κ3) is 69.8. The largest absolute Gasteiger partial charge is 2.00 e. The van der Waals surface area contributed by atoms with Crippen LogP contribution >= 0.6 is 0 Å². The molecule has 0 saturated carbocycles. The molecule has 48 heavy (non-hydrogen) atoms. The number of aliphatic carboxylic acids is 4. The summed E-state index contributed by atoms with van der Waals surface area (Å²) in [6.45, 7) is 26.3. The smallest absolute Gasteiger partial charge is 0.550 e. The SMILES string of the molecule is CC(C)(C)CC(=O)[O-].CC(C)(C)CC(=O)[O-].CC(C)(C)CC(=O)[O-].CC(C)(C)CC(=O)[O-].Cc1ccccn1.Cc1ccccn1.[Cu+2].[Cu+2]. The van der Waals surface area contributed by atoms with Crippen LogP contribution in [0.4, 0.5) is 0 Å². The van der Waals surface area contributed by atoms with Gasteiger partial charge in [-0.3, -0.25) is 9.97 Å². The quantitative estimate of drug-likeness (QED) is 0.417. The van der Waals surface area contributed by atoms with Gasteiger partial charge >= 0.3 is 34.1 Å². The molecule has 0 amide bonds. The first kappa shape index (κ1) is 57.5. The van der Waals surface area contributed by atoms with Crippen molar-refractivity contribution in [2.24, 2.45) is 21.7 Å². The number of hydrogen-bond acceptors (Lipinski definition) is 10. The predicted molar refractivity (Wildman–Crippen MR) is 174 cm³/mol. The molecule has 0 aromatic carbocycles. The van der Waals surface area contributed by atoms with Crippen molar-refractivity contribution in [3.63, 3.8) is 0 Å². The van der Waals surface area contributed by atoms with E-state index in [1.165, 1.54) is 0 Å². The number of pyridine rings is 2. The number of carboxylic acids is 4. The number of hydrogen-bond donors (Lipinski definition) is 0. The van der Waals surface area contributed by atoms with Crippen LogP contribution in [0.25, 0.3) is 0 Å². The summed E-state index contributed by atoms with van der Waals surface area (Å²) in [6.07, 6.45) is 4.10. The van der Waals surface area contributed by atoms with Gasteiger partial charge in [0.25, 0.3) is 0 Å². The van der Waals surface area contributed by atoms with Crippen LogP contribution in [0.1, 0.15) is 120 Å². The molecule has 2 rings (SSSR count). The Morgan fingerprint density at radius 2 is 0.646 bits per heavy atom. The molecule has 0 bridgehead atoms. The standard InChI is InChI=1S/2C6H7N.4C6H12O2.2Cu/c2*1-6-4-2-3-5-7-6;4*1-6(2,3)4-5(7)8;;/h2*2-5H,1H3;4*4H2,1-3H3,(H,7,8);;/q;;;;;;2*+2/p-4. The fraction of sp³-hybridized carbons (Fsp3) is 0.611. The van der Waals surface area contributed by atoms with E-state index in [9.17, 15) is 39.6 Å². The number of carbonyl (C=O) groups excluding carboxylic acids is 4. The Hall–Kier alpha value is -2.78. The third-order valence-electron chi connectivity index (χ3n) is 4.32. The molecule has 0 aliphatic rings. The number of aryl methyl sites for hydroxylation is 2. The molecule has 282 valence electrons. The summed E-state index contributed by atoms with van der Waals surface area (Å²) < 4.78 is 0. The first-order chi connectivity index (χ1) is 20.5. The molecule has 0 saturated heterocycles. The van der Waals surface area contributed by atoms with Crippen molar-refractivity contribution in [3.05, 3.63) is 60.2 Å². The average Bonchev–Trinajstić information content (AvgIpc) is 2.75. The van der Waals surface area contributed by atoms with Crippen LogP contribution in [0.2, 0.25) is 0 Å². The first-order valence-electron chi connectivity index (χ1n) is 15.0. The normalized spacial score (nSPS) is 10.1. The Labute approximate surface area is 310 Å². The fourth-order valence-corrected chi connectivity index (χ4v) is 2.63. The minimum absolute atomic E-state index is 0. The summed E-state index contributed by atoms with van der Waals surface area (Å²) in [5.74, 6) is -3.90. The maximum atomic E-state index is 9.90. The van der Waals surface area contributed by atoms with Gasteiger partial charge in [-0.25, -0.2) is 0 Å². The Bertz CT molecular complexity index is 962. The van der Waals surface area contributed by atoms with Gasteiger partial charge in [0, 0.05) is 47.7 Å². The van der Waals surface area contributed by atoms with E-state index < -0.39 is 23.9 Å². The van der Waals surface area contributed by atoms with Crippen LogP contribution < -0.4 is 20.4 Å². The molecule has 10 nitrogen and oxygen atoms in total. The summed E-state index contributed by atoms with van der Waals surface area (Å²) in [5.41, 5.74) is 1.58. The zero-order valence-corrected chi connectivity index (χ0v) is 33.1. The van der Waals surface area contributed by atoms with Crippen molar-refractivity contribution in [2.45, 2.75) is 123 Å². The molecule has 2 aromatic rings. The molecule has 12 heteroatoms. The monoisotopic (exact) mass is 772 g/mol. The van der Waals surface area contributed by atoms with Crippen LogP contribution in [0, 0.1) is 35.5 Å². The van der Waals surface area contributed by atoms with E-state index in [0.717, 1.165) is 11.4 Å². The van der Waals surface area contributed by atoms with E-state index in [4.69, 9.17) is 0 Å². The second-order valence-corrected chi connectivity index (χ2v) is 15.4. The summed E-state index contributed by atoms with van der Waals surface area (Å²) in [6, 6.07) is 11.7. The van der Waals surface area contributed by atoms with Gasteiger partial charge in [-0.15, -0.1) is 0 Å². The summed E-state index contributed by atoms with van der Waals surface area (Å²) >= 11 is 0. The molecule has 0 aliphatic carbocycles. The summed E-state index contributed by atoms with van der Waals surface area (Å²) in [7, 11) is 0. The molecule has 0 N–H and O–H groups in total. The van der Waals surface area contributed by atoms with E-state index in [-0.39, 0.29) is 81.5 Å². The minimum Gasteiger partial charge on any atom is -0.550 e. The van der Waals surface area contributed by atoms with Crippen LogP contribution in [0.15, 0.2) is 48.8 Å². The number of aromatic nitrogens is 2. The Kier molecular flexibility index (Phi) is 34.9. The van der Waals surface area contributed by atoms with E-state index in [1.54, 1.807) is 12.4 Å². The van der Waals surface area contributed by atoms with Crippen molar-refractivity contribution in [1.82, 2.24) is 9.97 Å². The second-order valence-electron chi connectivity index (χ2n) is 15.4. The molecular formula is C36H58Cu2N2O8. The zero-order chi connectivity index (χ0) is 37.4. The third-order valence-corrected chi connectivity index (χ3v) is 4.32. The van der Waals surface area contributed by atoms with Gasteiger partial charge < -0.3 is 39.6 Å². The van der Waals surface area contributed by atoms with Crippen molar-refractivity contribution < 1.29 is 73.7 Å². The molecule has 0 unspecified atom stereocenters. The van der Waals surface area contributed by atoms with Gasteiger partial charge in [0.1, 0.15) is 0 Å². The van der Waals surface area contributed by atoms with Crippen molar-refractivity contribution in [1.29, 1.82) is 0 Å². The number of nitrogens with zero attached hydrogens (tertiary/aromatic N) is 2. The molecule has 0 fully saturated rings. The molecule has 0 atom stereocenters. The summed E-state index contributed by atoms with van der Waals surface area (Å²) in [5, 5.41) is 39.6. The minimum atomic E-state index is -0.975. The molecule has 2 heterocycles. The molecule has 2 aromatic heterocycles. The fourth-order valence-electron chi connectivity index (χ4n) is 2.63. The molecular weight excluding hydrogens is 715 g/mol. The van der Waals surface area contributed by atoms with Crippen LogP contribution in [0.5, 0.6) is 0 Å². The van der Waals surface area contributed by atoms with Gasteiger partial charge in [0.15, 0.2) is 0 Å². The van der Waals surface area contributed by atoms with Gasteiger partial charge in [-0.1, -0.05) is 95.2 Å². The predicted octanol–water partition coefficient (Wildman–Crippen LogP) is 3.47. The zero-order valence-electron chi connectivity index (χ0n) is 31.2. The Balaban J connectivity index is -0.000000109. The van der Waals surface area contributed by atoms with Crippen LogP contribution in [-0.4, -0.2) is 33.8 Å². The maximum absolute atomic E-state index is 9.90. The van der Waals surface area contributed by atoms with Gasteiger partial charge in [-0.2, -0.15) is 0 Å². The van der Waals surface area contributed by atoms with Crippen molar-refractivity contribution in [2.75, 3.05) is 0 Å². The van der Waals surface area contributed by atoms with E-state index in [1.807, 2.05) is 133 Å². The number of carbonyl (C=O) groups is 4. The van der Waals surface area contributed by atoms with Gasteiger partial charge in [-0.05, 0) is 85.5 Å². The average molecular weight is 774 g/mol. The van der Waals surface area contributed by atoms with Gasteiger partial charge in [0.2, 0.25) is 0 Å².